The lowest BCUT2D eigenvalue weighted by molar-refractivity contribution is 0.287. The summed E-state index contributed by atoms with van der Waals surface area (Å²) >= 11 is 5.77. The smallest absolute Gasteiger partial charge is 0.170 e. The van der Waals surface area contributed by atoms with E-state index in [9.17, 15) is 0 Å². The van der Waals surface area contributed by atoms with Crippen molar-refractivity contribution in [3.8, 4) is 5.82 Å². The average Bonchev–Trinajstić information content (AvgIpc) is 3.18. The van der Waals surface area contributed by atoms with Crippen LogP contribution in [0, 0.1) is 26.7 Å². The number of nitrogens with zero attached hydrogens (tertiary/aromatic N) is 4. The van der Waals surface area contributed by atoms with Crippen LogP contribution in [0.2, 0.25) is 0 Å². The molecule has 1 aliphatic rings. The van der Waals surface area contributed by atoms with Gasteiger partial charge in [-0.1, -0.05) is 19.9 Å². The number of aromatic nitrogens is 3. The van der Waals surface area contributed by atoms with Crippen LogP contribution in [0.1, 0.15) is 54.1 Å². The maximum Gasteiger partial charge on any atom is 0.170 e. The normalized spacial score (nSPS) is 18.9. The molecule has 156 valence electrons. The monoisotopic (exact) mass is 419 g/mol. The first-order chi connectivity index (χ1) is 14.4. The van der Waals surface area contributed by atoms with Crippen molar-refractivity contribution >= 4 is 17.3 Å². The van der Waals surface area contributed by atoms with Gasteiger partial charge in [0, 0.05) is 30.3 Å². The molecule has 3 aromatic rings. The third kappa shape index (κ3) is 3.72. The SMILES string of the molecule is Cc1ccnc(-n2c(C)cc([C@@H]3[C@@H](c4ccccn4)NC(=S)N3CC(C)C)c2C)c1. The zero-order chi connectivity index (χ0) is 21.4. The number of hydrogen-bond donors (Lipinski definition) is 1. The van der Waals surface area contributed by atoms with Crippen LogP contribution in [0.5, 0.6) is 0 Å². The molecule has 1 saturated heterocycles. The summed E-state index contributed by atoms with van der Waals surface area (Å²) in [6, 6.07) is 12.6. The molecule has 0 spiro atoms. The van der Waals surface area contributed by atoms with Crippen molar-refractivity contribution in [2.75, 3.05) is 6.54 Å². The molecule has 0 bridgehead atoms. The summed E-state index contributed by atoms with van der Waals surface area (Å²) in [5.74, 6) is 1.45. The zero-order valence-corrected chi connectivity index (χ0v) is 19.1. The topological polar surface area (TPSA) is 46.0 Å². The van der Waals surface area contributed by atoms with Gasteiger partial charge in [0.25, 0.3) is 0 Å². The van der Waals surface area contributed by atoms with Crippen LogP contribution in [0.15, 0.2) is 48.8 Å². The van der Waals surface area contributed by atoms with Crippen molar-refractivity contribution in [3.05, 3.63) is 77.0 Å². The Labute approximate surface area is 184 Å². The second-order valence-electron chi connectivity index (χ2n) is 8.53. The van der Waals surface area contributed by atoms with Gasteiger partial charge in [0.15, 0.2) is 5.11 Å². The highest BCUT2D eigenvalue weighted by Gasteiger charge is 2.41. The highest BCUT2D eigenvalue weighted by molar-refractivity contribution is 7.80. The van der Waals surface area contributed by atoms with Gasteiger partial charge in [0.05, 0.1) is 17.8 Å². The summed E-state index contributed by atoms with van der Waals surface area (Å²) < 4.78 is 2.24. The minimum Gasteiger partial charge on any atom is -0.352 e. The molecule has 0 amide bonds. The summed E-state index contributed by atoms with van der Waals surface area (Å²) in [5, 5.41) is 4.34. The first-order valence-electron chi connectivity index (χ1n) is 10.5. The van der Waals surface area contributed by atoms with Crippen LogP contribution in [-0.4, -0.2) is 31.1 Å². The Hall–Kier alpha value is -2.73. The molecule has 0 saturated carbocycles. The summed E-state index contributed by atoms with van der Waals surface area (Å²) in [7, 11) is 0. The number of aryl methyl sites for hydroxylation is 2. The van der Waals surface area contributed by atoms with Gasteiger partial charge in [0.1, 0.15) is 5.82 Å². The minimum absolute atomic E-state index is 0.0110. The molecule has 0 unspecified atom stereocenters. The van der Waals surface area contributed by atoms with Crippen LogP contribution in [0.4, 0.5) is 0 Å². The number of hydrogen-bond acceptors (Lipinski definition) is 3. The van der Waals surface area contributed by atoms with E-state index in [-0.39, 0.29) is 12.1 Å². The van der Waals surface area contributed by atoms with Crippen molar-refractivity contribution in [1.29, 1.82) is 0 Å². The molecular formula is C24H29N5S. The molecule has 6 heteroatoms. The fraction of sp³-hybridized carbons (Fsp3) is 0.375. The molecule has 1 fully saturated rings. The van der Waals surface area contributed by atoms with Crippen molar-refractivity contribution in [2.45, 2.75) is 46.7 Å². The predicted octanol–water partition coefficient (Wildman–Crippen LogP) is 4.82. The molecule has 30 heavy (non-hydrogen) atoms. The summed E-state index contributed by atoms with van der Waals surface area (Å²) in [6.07, 6.45) is 3.72. The van der Waals surface area contributed by atoms with E-state index in [1.807, 2.05) is 30.6 Å². The fourth-order valence-electron chi connectivity index (χ4n) is 4.42. The van der Waals surface area contributed by atoms with E-state index in [1.54, 1.807) is 0 Å². The molecule has 4 rings (SSSR count). The van der Waals surface area contributed by atoms with Crippen LogP contribution >= 0.6 is 12.2 Å². The highest BCUT2D eigenvalue weighted by atomic mass is 32.1. The number of thiocarbonyl (C=S) groups is 1. The van der Waals surface area contributed by atoms with Crippen LogP contribution in [0.25, 0.3) is 5.82 Å². The fourth-order valence-corrected chi connectivity index (χ4v) is 4.73. The predicted molar refractivity (Wildman–Crippen MR) is 125 cm³/mol. The van der Waals surface area contributed by atoms with Crippen LogP contribution in [0.3, 0.4) is 0 Å². The lowest BCUT2D eigenvalue weighted by Crippen LogP contribution is -2.33. The summed E-state index contributed by atoms with van der Waals surface area (Å²) in [4.78, 5) is 11.6. The second-order valence-corrected chi connectivity index (χ2v) is 8.91. The van der Waals surface area contributed by atoms with Crippen molar-refractivity contribution < 1.29 is 0 Å². The lowest BCUT2D eigenvalue weighted by atomic mass is 9.96. The Kier molecular flexibility index (Phi) is 5.60. The molecule has 1 N–H and O–H groups in total. The first-order valence-corrected chi connectivity index (χ1v) is 10.9. The Morgan fingerprint density at radius 3 is 2.53 bits per heavy atom. The number of rotatable bonds is 5. The summed E-state index contributed by atoms with van der Waals surface area (Å²) in [5.41, 5.74) is 5.83. The van der Waals surface area contributed by atoms with E-state index >= 15 is 0 Å². The minimum atomic E-state index is 0.0110. The zero-order valence-electron chi connectivity index (χ0n) is 18.3. The Morgan fingerprint density at radius 1 is 1.07 bits per heavy atom. The van der Waals surface area contributed by atoms with E-state index < -0.39 is 0 Å². The molecule has 0 radical (unpaired) electrons. The molecule has 3 aromatic heterocycles. The van der Waals surface area contributed by atoms with Gasteiger partial charge in [-0.2, -0.15) is 0 Å². The summed E-state index contributed by atoms with van der Waals surface area (Å²) in [6.45, 7) is 11.8. The highest BCUT2D eigenvalue weighted by Crippen LogP contribution is 2.41. The van der Waals surface area contributed by atoms with E-state index in [0.29, 0.717) is 5.92 Å². The first kappa shape index (κ1) is 20.5. The van der Waals surface area contributed by atoms with Gasteiger partial charge >= 0.3 is 0 Å². The average molecular weight is 420 g/mol. The number of nitrogens with one attached hydrogen (secondary N) is 1. The van der Waals surface area contributed by atoms with Gasteiger partial charge in [-0.25, -0.2) is 4.98 Å². The van der Waals surface area contributed by atoms with E-state index in [1.165, 1.54) is 22.5 Å². The molecule has 0 aromatic carbocycles. The number of pyridine rings is 2. The third-order valence-electron chi connectivity index (χ3n) is 5.68. The molecule has 1 aliphatic heterocycles. The molecule has 4 heterocycles. The standard InChI is InChI=1S/C24H29N5S/c1-15(2)14-28-23(22(27-24(28)30)20-8-6-7-10-25-20)19-13-17(4)29(18(19)5)21-12-16(3)9-11-26-21/h6-13,15,22-23H,14H2,1-5H3,(H,27,30)/t22-,23-/m1/s1. The van der Waals surface area contributed by atoms with Gasteiger partial charge in [0.2, 0.25) is 0 Å². The lowest BCUT2D eigenvalue weighted by Gasteiger charge is -2.29. The van der Waals surface area contributed by atoms with Crippen molar-refractivity contribution in [1.82, 2.24) is 24.8 Å². The van der Waals surface area contributed by atoms with E-state index in [4.69, 9.17) is 12.2 Å². The van der Waals surface area contributed by atoms with Crippen molar-refractivity contribution in [3.63, 3.8) is 0 Å². The van der Waals surface area contributed by atoms with Gasteiger partial charge in [-0.3, -0.25) is 4.98 Å². The van der Waals surface area contributed by atoms with E-state index in [2.05, 4.69) is 77.6 Å². The van der Waals surface area contributed by atoms with E-state index in [0.717, 1.165) is 23.2 Å². The van der Waals surface area contributed by atoms with Gasteiger partial charge < -0.3 is 14.8 Å². The quantitative estimate of drug-likeness (QED) is 0.601. The Bertz CT molecular complexity index is 1060. The van der Waals surface area contributed by atoms with Gasteiger partial charge in [-0.15, -0.1) is 0 Å². The molecule has 5 nitrogen and oxygen atoms in total. The molecular weight excluding hydrogens is 390 g/mol. The third-order valence-corrected chi connectivity index (χ3v) is 6.03. The molecule has 2 atom stereocenters. The Morgan fingerprint density at radius 2 is 1.87 bits per heavy atom. The second kappa shape index (κ2) is 8.19. The largest absolute Gasteiger partial charge is 0.352 e. The maximum absolute atomic E-state index is 5.77. The molecule has 0 aliphatic carbocycles. The van der Waals surface area contributed by atoms with Crippen molar-refractivity contribution in [2.24, 2.45) is 5.92 Å². The van der Waals surface area contributed by atoms with Crippen LogP contribution in [-0.2, 0) is 0 Å². The Balaban J connectivity index is 1.84. The maximum atomic E-state index is 5.77. The van der Waals surface area contributed by atoms with Crippen LogP contribution < -0.4 is 5.32 Å². The van der Waals surface area contributed by atoms with Gasteiger partial charge in [-0.05, 0) is 80.4 Å².